The molecule has 0 aliphatic rings. The van der Waals surface area contributed by atoms with Crippen LogP contribution in [0.15, 0.2) is 18.3 Å². The Labute approximate surface area is 89.6 Å². The number of hydrogen-bond donors (Lipinski definition) is 2. The van der Waals surface area contributed by atoms with E-state index in [-0.39, 0.29) is 12.5 Å². The van der Waals surface area contributed by atoms with Gasteiger partial charge in [-0.05, 0) is 12.0 Å². The van der Waals surface area contributed by atoms with Gasteiger partial charge < -0.3 is 10.4 Å². The van der Waals surface area contributed by atoms with Crippen LogP contribution in [-0.2, 0) is 6.54 Å². The molecule has 80 valence electrons. The van der Waals surface area contributed by atoms with Gasteiger partial charge in [0, 0.05) is 31.5 Å². The van der Waals surface area contributed by atoms with E-state index in [1.165, 1.54) is 0 Å². The van der Waals surface area contributed by atoms with Gasteiger partial charge in [-0.1, -0.05) is 13.0 Å². The molecule has 0 amide bonds. The summed E-state index contributed by atoms with van der Waals surface area (Å²) in [4.78, 5) is 3.96. The Balaban J connectivity index is 2.47. The number of nitrogens with zero attached hydrogens (tertiary/aromatic N) is 2. The van der Waals surface area contributed by atoms with Crippen LogP contribution in [-0.4, -0.2) is 23.2 Å². The summed E-state index contributed by atoms with van der Waals surface area (Å²) < 4.78 is 0. The molecule has 4 heteroatoms. The Morgan fingerprint density at radius 1 is 1.67 bits per heavy atom. The molecule has 1 unspecified atom stereocenters. The Morgan fingerprint density at radius 3 is 3.13 bits per heavy atom. The molecule has 1 aromatic rings. The first-order valence-corrected chi connectivity index (χ1v) is 4.93. The highest BCUT2D eigenvalue weighted by atomic mass is 16.3. The second kappa shape index (κ2) is 6.12. The molecule has 1 rings (SSSR count). The first kappa shape index (κ1) is 11.6. The lowest BCUT2D eigenvalue weighted by atomic mass is 10.1. The maximum absolute atomic E-state index is 8.83. The van der Waals surface area contributed by atoms with E-state index in [4.69, 9.17) is 10.4 Å². The lowest BCUT2D eigenvalue weighted by molar-refractivity contribution is 0.233. The predicted octanol–water partition coefficient (Wildman–Crippen LogP) is 0.671. The Hall–Kier alpha value is -1.44. The fourth-order valence-electron chi connectivity index (χ4n) is 1.20. The van der Waals surface area contributed by atoms with Crippen LogP contribution in [0.4, 0.5) is 0 Å². The van der Waals surface area contributed by atoms with Crippen LogP contribution in [0.5, 0.6) is 0 Å². The molecular formula is C11H15N3O. The Bertz CT molecular complexity index is 346. The van der Waals surface area contributed by atoms with Crippen LogP contribution in [0.25, 0.3) is 0 Å². The van der Waals surface area contributed by atoms with Crippen LogP contribution in [0, 0.1) is 17.2 Å². The zero-order chi connectivity index (χ0) is 11.1. The van der Waals surface area contributed by atoms with Crippen molar-refractivity contribution in [2.45, 2.75) is 13.5 Å². The van der Waals surface area contributed by atoms with E-state index in [1.54, 1.807) is 6.20 Å². The maximum atomic E-state index is 8.83. The second-order valence-electron chi connectivity index (χ2n) is 3.54. The standard InChI is InChI=1S/C11H15N3O/c1-9(8-15)6-13-7-10-3-2-4-14-11(10)5-12/h2-4,9,13,15H,6-8H2,1H3. The predicted molar refractivity (Wildman–Crippen MR) is 56.9 cm³/mol. The number of hydrogen-bond acceptors (Lipinski definition) is 4. The first-order chi connectivity index (χ1) is 7.27. The average molecular weight is 205 g/mol. The highest BCUT2D eigenvalue weighted by Crippen LogP contribution is 2.03. The van der Waals surface area contributed by atoms with Crippen LogP contribution in [0.3, 0.4) is 0 Å². The molecule has 0 aliphatic heterocycles. The van der Waals surface area contributed by atoms with Crippen LogP contribution >= 0.6 is 0 Å². The van der Waals surface area contributed by atoms with E-state index in [2.05, 4.69) is 10.3 Å². The number of aliphatic hydroxyl groups excluding tert-OH is 1. The van der Waals surface area contributed by atoms with Crippen molar-refractivity contribution in [3.63, 3.8) is 0 Å². The molecule has 1 aromatic heterocycles. The van der Waals surface area contributed by atoms with Gasteiger partial charge in [0.1, 0.15) is 11.8 Å². The van der Waals surface area contributed by atoms with E-state index in [1.807, 2.05) is 25.1 Å². The lowest BCUT2D eigenvalue weighted by Gasteiger charge is -2.09. The molecule has 1 atom stereocenters. The molecule has 4 nitrogen and oxygen atoms in total. The van der Waals surface area contributed by atoms with E-state index in [0.29, 0.717) is 12.2 Å². The molecular weight excluding hydrogens is 190 g/mol. The summed E-state index contributed by atoms with van der Waals surface area (Å²) in [5, 5.41) is 20.8. The Morgan fingerprint density at radius 2 is 2.47 bits per heavy atom. The number of pyridine rings is 1. The van der Waals surface area contributed by atoms with Crippen molar-refractivity contribution in [2.24, 2.45) is 5.92 Å². The van der Waals surface area contributed by atoms with Gasteiger partial charge in [0.2, 0.25) is 0 Å². The summed E-state index contributed by atoms with van der Waals surface area (Å²) >= 11 is 0. The second-order valence-corrected chi connectivity index (χ2v) is 3.54. The van der Waals surface area contributed by atoms with E-state index >= 15 is 0 Å². The summed E-state index contributed by atoms with van der Waals surface area (Å²) in [7, 11) is 0. The van der Waals surface area contributed by atoms with Crippen molar-refractivity contribution < 1.29 is 5.11 Å². The maximum Gasteiger partial charge on any atom is 0.144 e. The topological polar surface area (TPSA) is 68.9 Å². The molecule has 0 spiro atoms. The van der Waals surface area contributed by atoms with Crippen molar-refractivity contribution in [1.82, 2.24) is 10.3 Å². The van der Waals surface area contributed by atoms with Crippen molar-refractivity contribution in [3.8, 4) is 6.07 Å². The van der Waals surface area contributed by atoms with Crippen molar-refractivity contribution >= 4 is 0 Å². The van der Waals surface area contributed by atoms with Gasteiger partial charge in [0.05, 0.1) is 0 Å². The van der Waals surface area contributed by atoms with Crippen molar-refractivity contribution in [1.29, 1.82) is 5.26 Å². The normalized spacial score (nSPS) is 12.1. The van der Waals surface area contributed by atoms with Crippen molar-refractivity contribution in [3.05, 3.63) is 29.6 Å². The fourth-order valence-corrected chi connectivity index (χ4v) is 1.20. The zero-order valence-corrected chi connectivity index (χ0v) is 8.77. The third-order valence-corrected chi connectivity index (χ3v) is 2.12. The summed E-state index contributed by atoms with van der Waals surface area (Å²) in [6.07, 6.45) is 1.61. The van der Waals surface area contributed by atoms with Crippen LogP contribution in [0.1, 0.15) is 18.2 Å². The van der Waals surface area contributed by atoms with Gasteiger partial charge in [0.15, 0.2) is 0 Å². The molecule has 1 heterocycles. The number of aliphatic hydroxyl groups is 1. The highest BCUT2D eigenvalue weighted by Gasteiger charge is 2.03. The van der Waals surface area contributed by atoms with E-state index < -0.39 is 0 Å². The fraction of sp³-hybridized carbons (Fsp3) is 0.455. The van der Waals surface area contributed by atoms with Gasteiger partial charge in [-0.3, -0.25) is 0 Å². The molecule has 0 saturated carbocycles. The van der Waals surface area contributed by atoms with Gasteiger partial charge >= 0.3 is 0 Å². The number of rotatable bonds is 5. The number of nitriles is 1. The molecule has 0 radical (unpaired) electrons. The molecule has 0 fully saturated rings. The minimum absolute atomic E-state index is 0.172. The van der Waals surface area contributed by atoms with E-state index in [0.717, 1.165) is 12.1 Å². The Kier molecular flexibility index (Phi) is 4.75. The molecule has 2 N–H and O–H groups in total. The SMILES string of the molecule is CC(CO)CNCc1cccnc1C#N. The molecule has 0 aliphatic carbocycles. The smallest absolute Gasteiger partial charge is 0.144 e. The quantitative estimate of drug-likeness (QED) is 0.741. The van der Waals surface area contributed by atoms with Gasteiger partial charge in [-0.2, -0.15) is 5.26 Å². The highest BCUT2D eigenvalue weighted by molar-refractivity contribution is 5.30. The number of aromatic nitrogens is 1. The van der Waals surface area contributed by atoms with Crippen LogP contribution in [0.2, 0.25) is 0 Å². The van der Waals surface area contributed by atoms with Gasteiger partial charge in [-0.25, -0.2) is 4.98 Å². The van der Waals surface area contributed by atoms with Crippen molar-refractivity contribution in [2.75, 3.05) is 13.2 Å². The third kappa shape index (κ3) is 3.66. The zero-order valence-electron chi connectivity index (χ0n) is 8.77. The average Bonchev–Trinajstić information content (AvgIpc) is 2.29. The summed E-state index contributed by atoms with van der Waals surface area (Å²) in [5.74, 6) is 0.229. The summed E-state index contributed by atoms with van der Waals surface area (Å²) in [5.41, 5.74) is 1.35. The first-order valence-electron chi connectivity index (χ1n) is 4.93. The minimum Gasteiger partial charge on any atom is -0.396 e. The molecule has 15 heavy (non-hydrogen) atoms. The monoisotopic (exact) mass is 205 g/mol. The van der Waals surface area contributed by atoms with E-state index in [9.17, 15) is 0 Å². The third-order valence-electron chi connectivity index (χ3n) is 2.12. The number of nitrogens with one attached hydrogen (secondary N) is 1. The lowest BCUT2D eigenvalue weighted by Crippen LogP contribution is -2.23. The molecule has 0 bridgehead atoms. The largest absolute Gasteiger partial charge is 0.396 e. The summed E-state index contributed by atoms with van der Waals surface area (Å²) in [6.45, 7) is 3.48. The van der Waals surface area contributed by atoms with Gasteiger partial charge in [0.25, 0.3) is 0 Å². The minimum atomic E-state index is 0.172. The summed E-state index contributed by atoms with van der Waals surface area (Å²) in [6, 6.07) is 5.74. The van der Waals surface area contributed by atoms with Crippen LogP contribution < -0.4 is 5.32 Å². The molecule has 0 saturated heterocycles. The molecule has 0 aromatic carbocycles. The van der Waals surface area contributed by atoms with Gasteiger partial charge in [-0.15, -0.1) is 0 Å².